The fraction of sp³-hybridized carbons (Fsp3) is 0.200. The zero-order chi connectivity index (χ0) is 18.8. The number of nitrogens with zero attached hydrogens (tertiary/aromatic N) is 1. The average molecular weight is 353 g/mol. The predicted octanol–water partition coefficient (Wildman–Crippen LogP) is 2.82. The Morgan fingerprint density at radius 3 is 2.54 bits per heavy atom. The molecule has 136 valence electrons. The number of hydrogen-bond donors (Lipinski definition) is 2. The molecule has 6 heteroatoms. The number of rotatable bonds is 10. The average Bonchev–Trinajstić information content (AvgIpc) is 3.14. The molecule has 0 radical (unpaired) electrons. The molecule has 0 atom stereocenters. The number of carbonyl (C=O) groups excluding carboxylic acids is 2. The maximum absolute atomic E-state index is 12.2. The molecule has 26 heavy (non-hydrogen) atoms. The van der Waals surface area contributed by atoms with Gasteiger partial charge in [0.05, 0.1) is 19.4 Å². The van der Waals surface area contributed by atoms with Crippen LogP contribution in [0.5, 0.6) is 0 Å². The SMILES string of the molecule is C=CCN(CC=C)CC(=O)Nc1cccc(C(=O)NCc2ccco2)c1. The van der Waals surface area contributed by atoms with Gasteiger partial charge in [-0.3, -0.25) is 14.5 Å². The topological polar surface area (TPSA) is 74.6 Å². The molecule has 0 aliphatic rings. The van der Waals surface area contributed by atoms with Crippen LogP contribution < -0.4 is 10.6 Å². The maximum Gasteiger partial charge on any atom is 0.251 e. The summed E-state index contributed by atoms with van der Waals surface area (Å²) in [6, 6.07) is 10.3. The van der Waals surface area contributed by atoms with Crippen LogP contribution in [0.2, 0.25) is 0 Å². The van der Waals surface area contributed by atoms with Crippen LogP contribution in [0.4, 0.5) is 5.69 Å². The van der Waals surface area contributed by atoms with Gasteiger partial charge < -0.3 is 15.1 Å². The van der Waals surface area contributed by atoms with Crippen LogP contribution in [0.25, 0.3) is 0 Å². The summed E-state index contributed by atoms with van der Waals surface area (Å²) >= 11 is 0. The second-order valence-corrected chi connectivity index (χ2v) is 5.66. The van der Waals surface area contributed by atoms with Crippen LogP contribution in [0, 0.1) is 0 Å². The predicted molar refractivity (Wildman–Crippen MR) is 102 cm³/mol. The Kier molecular flexibility index (Phi) is 7.39. The van der Waals surface area contributed by atoms with Gasteiger partial charge in [-0.05, 0) is 30.3 Å². The summed E-state index contributed by atoms with van der Waals surface area (Å²) in [6.07, 6.45) is 5.03. The highest BCUT2D eigenvalue weighted by atomic mass is 16.3. The molecule has 6 nitrogen and oxygen atoms in total. The third-order valence-electron chi connectivity index (χ3n) is 3.55. The number of carbonyl (C=O) groups is 2. The molecule has 0 spiro atoms. The van der Waals surface area contributed by atoms with E-state index in [0.29, 0.717) is 36.6 Å². The molecule has 0 saturated carbocycles. The van der Waals surface area contributed by atoms with Crippen LogP contribution in [0.1, 0.15) is 16.1 Å². The van der Waals surface area contributed by atoms with Crippen molar-refractivity contribution in [3.05, 3.63) is 79.3 Å². The summed E-state index contributed by atoms with van der Waals surface area (Å²) in [4.78, 5) is 26.3. The van der Waals surface area contributed by atoms with Crippen molar-refractivity contribution in [1.29, 1.82) is 0 Å². The van der Waals surface area contributed by atoms with Crippen molar-refractivity contribution >= 4 is 17.5 Å². The van der Waals surface area contributed by atoms with Gasteiger partial charge >= 0.3 is 0 Å². The van der Waals surface area contributed by atoms with Crippen molar-refractivity contribution in [2.24, 2.45) is 0 Å². The van der Waals surface area contributed by atoms with Gasteiger partial charge in [-0.15, -0.1) is 13.2 Å². The van der Waals surface area contributed by atoms with Crippen molar-refractivity contribution < 1.29 is 14.0 Å². The highest BCUT2D eigenvalue weighted by Crippen LogP contribution is 2.11. The van der Waals surface area contributed by atoms with Crippen LogP contribution in [-0.4, -0.2) is 36.3 Å². The highest BCUT2D eigenvalue weighted by Gasteiger charge is 2.11. The van der Waals surface area contributed by atoms with E-state index in [9.17, 15) is 9.59 Å². The number of nitrogens with one attached hydrogen (secondary N) is 2. The van der Waals surface area contributed by atoms with Gasteiger partial charge in [-0.25, -0.2) is 0 Å². The first-order chi connectivity index (χ1) is 12.6. The summed E-state index contributed by atoms with van der Waals surface area (Å²) in [7, 11) is 0. The first-order valence-corrected chi connectivity index (χ1v) is 8.27. The lowest BCUT2D eigenvalue weighted by Gasteiger charge is -2.18. The van der Waals surface area contributed by atoms with Gasteiger partial charge in [-0.1, -0.05) is 18.2 Å². The number of furan rings is 1. The van der Waals surface area contributed by atoms with Crippen LogP contribution in [0.15, 0.2) is 72.4 Å². The number of anilines is 1. The lowest BCUT2D eigenvalue weighted by Crippen LogP contribution is -2.33. The van der Waals surface area contributed by atoms with E-state index in [2.05, 4.69) is 23.8 Å². The summed E-state index contributed by atoms with van der Waals surface area (Å²) < 4.78 is 5.18. The molecule has 0 aliphatic heterocycles. The van der Waals surface area contributed by atoms with E-state index < -0.39 is 0 Å². The first kappa shape index (κ1) is 19.2. The largest absolute Gasteiger partial charge is 0.467 e. The van der Waals surface area contributed by atoms with Gasteiger partial charge in [0.25, 0.3) is 5.91 Å². The quantitative estimate of drug-likeness (QED) is 0.644. The Morgan fingerprint density at radius 2 is 1.88 bits per heavy atom. The second-order valence-electron chi connectivity index (χ2n) is 5.66. The molecule has 1 aromatic heterocycles. The zero-order valence-electron chi connectivity index (χ0n) is 14.6. The molecular weight excluding hydrogens is 330 g/mol. The van der Waals surface area contributed by atoms with E-state index in [4.69, 9.17) is 4.42 Å². The summed E-state index contributed by atoms with van der Waals surface area (Å²) in [5, 5.41) is 5.58. The molecule has 2 aromatic rings. The fourth-order valence-electron chi connectivity index (χ4n) is 2.39. The number of amides is 2. The van der Waals surface area contributed by atoms with Gasteiger partial charge in [-0.2, -0.15) is 0 Å². The summed E-state index contributed by atoms with van der Waals surface area (Å²) in [5.74, 6) is 0.270. The number of benzene rings is 1. The standard InChI is InChI=1S/C20H23N3O3/c1-3-10-23(11-4-2)15-19(24)22-17-8-5-7-16(13-17)20(25)21-14-18-9-6-12-26-18/h3-9,12-13H,1-2,10-11,14-15H2,(H,21,25)(H,22,24). The fourth-order valence-corrected chi connectivity index (χ4v) is 2.39. The van der Waals surface area contributed by atoms with E-state index in [-0.39, 0.29) is 18.4 Å². The van der Waals surface area contributed by atoms with Crippen LogP contribution in [-0.2, 0) is 11.3 Å². The summed E-state index contributed by atoms with van der Waals surface area (Å²) in [5.41, 5.74) is 1.03. The monoisotopic (exact) mass is 353 g/mol. The molecule has 1 heterocycles. The molecule has 2 rings (SSSR count). The van der Waals surface area contributed by atoms with Gasteiger partial charge in [0.1, 0.15) is 5.76 Å². The Balaban J connectivity index is 1.92. The van der Waals surface area contributed by atoms with Crippen molar-refractivity contribution in [2.45, 2.75) is 6.54 Å². The minimum Gasteiger partial charge on any atom is -0.467 e. The van der Waals surface area contributed by atoms with E-state index >= 15 is 0 Å². The minimum atomic E-state index is -0.238. The van der Waals surface area contributed by atoms with E-state index in [1.54, 1.807) is 54.8 Å². The van der Waals surface area contributed by atoms with Gasteiger partial charge in [0.2, 0.25) is 5.91 Å². The first-order valence-electron chi connectivity index (χ1n) is 8.27. The normalized spacial score (nSPS) is 10.3. The van der Waals surface area contributed by atoms with Crippen molar-refractivity contribution in [1.82, 2.24) is 10.2 Å². The van der Waals surface area contributed by atoms with Crippen LogP contribution >= 0.6 is 0 Å². The smallest absolute Gasteiger partial charge is 0.251 e. The third-order valence-corrected chi connectivity index (χ3v) is 3.55. The molecular formula is C20H23N3O3. The van der Waals surface area contributed by atoms with Gasteiger partial charge in [0.15, 0.2) is 0 Å². The Morgan fingerprint density at radius 1 is 1.12 bits per heavy atom. The molecule has 0 bridgehead atoms. The molecule has 1 aromatic carbocycles. The van der Waals surface area contributed by atoms with E-state index in [0.717, 1.165) is 0 Å². The summed E-state index contributed by atoms with van der Waals surface area (Å²) in [6.45, 7) is 9.07. The molecule has 2 N–H and O–H groups in total. The molecule has 0 unspecified atom stereocenters. The van der Waals surface area contributed by atoms with Crippen molar-refractivity contribution in [3.63, 3.8) is 0 Å². The molecule has 0 saturated heterocycles. The Hall–Kier alpha value is -3.12. The minimum absolute atomic E-state index is 0.165. The zero-order valence-corrected chi connectivity index (χ0v) is 14.6. The van der Waals surface area contributed by atoms with Crippen LogP contribution in [0.3, 0.4) is 0 Å². The lowest BCUT2D eigenvalue weighted by atomic mass is 10.2. The van der Waals surface area contributed by atoms with E-state index in [1.807, 2.05) is 4.90 Å². The molecule has 0 aliphatic carbocycles. The van der Waals surface area contributed by atoms with Gasteiger partial charge in [0, 0.05) is 24.3 Å². The lowest BCUT2D eigenvalue weighted by molar-refractivity contribution is -0.117. The Labute approximate surface area is 153 Å². The van der Waals surface area contributed by atoms with Crippen molar-refractivity contribution in [2.75, 3.05) is 25.0 Å². The molecule has 2 amide bonds. The molecule has 0 fully saturated rings. The number of hydrogen-bond acceptors (Lipinski definition) is 4. The maximum atomic E-state index is 12.2. The highest BCUT2D eigenvalue weighted by molar-refractivity contribution is 5.97. The Bertz CT molecular complexity index is 743. The third kappa shape index (κ3) is 6.07. The second kappa shape index (κ2) is 10.0. The van der Waals surface area contributed by atoms with Crippen molar-refractivity contribution in [3.8, 4) is 0 Å². The van der Waals surface area contributed by atoms with E-state index in [1.165, 1.54) is 0 Å².